The Kier molecular flexibility index (Phi) is 8.19. The summed E-state index contributed by atoms with van der Waals surface area (Å²) in [5, 5.41) is 3.00. The first-order valence-corrected chi connectivity index (χ1v) is 12.8. The normalized spacial score (nSPS) is 15.5. The lowest BCUT2D eigenvalue weighted by Gasteiger charge is -2.35. The molecule has 0 bridgehead atoms. The van der Waals surface area contributed by atoms with Crippen LogP contribution in [0.15, 0.2) is 76.2 Å². The molecule has 0 spiro atoms. The number of sulfonamides is 1. The van der Waals surface area contributed by atoms with Gasteiger partial charge < -0.3 is 19.2 Å². The quantitative estimate of drug-likeness (QED) is 0.441. The lowest BCUT2D eigenvalue weighted by Crippen LogP contribution is -2.43. The number of methoxy groups -OCH3 is 1. The Morgan fingerprint density at radius 2 is 1.77 bits per heavy atom. The molecule has 0 aliphatic carbocycles. The van der Waals surface area contributed by atoms with Crippen LogP contribution in [0.1, 0.15) is 27.7 Å². The van der Waals surface area contributed by atoms with Crippen molar-refractivity contribution in [3.05, 3.63) is 83.8 Å². The van der Waals surface area contributed by atoms with Crippen molar-refractivity contribution in [1.29, 1.82) is 0 Å². The first-order chi connectivity index (χ1) is 17.0. The molecule has 0 saturated carbocycles. The highest BCUT2D eigenvalue weighted by atomic mass is 32.2. The largest absolute Gasteiger partial charge is 0.497 e. The van der Waals surface area contributed by atoms with Crippen molar-refractivity contribution in [1.82, 2.24) is 14.9 Å². The van der Waals surface area contributed by atoms with E-state index in [1.165, 1.54) is 30.5 Å². The number of ether oxygens (including phenoxy) is 2. The van der Waals surface area contributed by atoms with E-state index in [4.69, 9.17) is 13.9 Å². The fourth-order valence-corrected chi connectivity index (χ4v) is 4.91. The van der Waals surface area contributed by atoms with Crippen molar-refractivity contribution < 1.29 is 27.1 Å². The maximum atomic E-state index is 12.9. The molecule has 1 aromatic heterocycles. The smallest absolute Gasteiger partial charge is 0.251 e. The lowest BCUT2D eigenvalue weighted by atomic mass is 10.0. The molecule has 1 aliphatic rings. The monoisotopic (exact) mass is 499 g/mol. The number of benzene rings is 2. The number of carbonyl (C=O) groups is 1. The molecule has 9 nitrogen and oxygen atoms in total. The summed E-state index contributed by atoms with van der Waals surface area (Å²) in [4.78, 5) is 15.2. The molecule has 1 fully saturated rings. The zero-order valence-electron chi connectivity index (χ0n) is 19.5. The minimum absolute atomic E-state index is 0.0285. The van der Waals surface area contributed by atoms with Crippen LogP contribution in [0, 0.1) is 0 Å². The predicted octanol–water partition coefficient (Wildman–Crippen LogP) is 2.57. The molecule has 1 saturated heterocycles. The molecule has 3 aromatic rings. The SMILES string of the molecule is COc1ccc([C@H](CNC(=O)c2ccc(S(=O)(=O)NCc3ccco3)cc2)N2CCOCC2)cc1. The molecule has 35 heavy (non-hydrogen) atoms. The van der Waals surface area contributed by atoms with Crippen molar-refractivity contribution in [3.63, 3.8) is 0 Å². The molecule has 10 heteroatoms. The Morgan fingerprint density at radius 3 is 2.40 bits per heavy atom. The maximum Gasteiger partial charge on any atom is 0.251 e. The summed E-state index contributed by atoms with van der Waals surface area (Å²) in [6.07, 6.45) is 1.48. The van der Waals surface area contributed by atoms with Gasteiger partial charge in [0, 0.05) is 25.2 Å². The summed E-state index contributed by atoms with van der Waals surface area (Å²) in [6.45, 7) is 3.27. The third kappa shape index (κ3) is 6.49. The standard InChI is InChI=1S/C25H29N3O6S/c1-32-21-8-4-19(5-9-21)24(28-12-15-33-16-13-28)18-26-25(29)20-6-10-23(11-7-20)35(30,31)27-17-22-3-2-14-34-22/h2-11,14,24,27H,12-13,15-18H2,1H3,(H,26,29)/t24-/m0/s1. The van der Waals surface area contributed by atoms with Crippen molar-refractivity contribution in [2.75, 3.05) is 40.0 Å². The summed E-state index contributed by atoms with van der Waals surface area (Å²) in [6, 6.07) is 17.0. The van der Waals surface area contributed by atoms with Gasteiger partial charge in [-0.15, -0.1) is 0 Å². The van der Waals surface area contributed by atoms with Gasteiger partial charge in [-0.3, -0.25) is 9.69 Å². The second-order valence-corrected chi connectivity index (χ2v) is 9.84. The highest BCUT2D eigenvalue weighted by molar-refractivity contribution is 7.89. The molecule has 0 radical (unpaired) electrons. The molecule has 1 aliphatic heterocycles. The van der Waals surface area contributed by atoms with Crippen molar-refractivity contribution in [2.45, 2.75) is 17.5 Å². The minimum Gasteiger partial charge on any atom is -0.497 e. The van der Waals surface area contributed by atoms with Gasteiger partial charge in [0.15, 0.2) is 0 Å². The van der Waals surface area contributed by atoms with Gasteiger partial charge in [0.25, 0.3) is 5.91 Å². The van der Waals surface area contributed by atoms with E-state index in [0.717, 1.165) is 24.4 Å². The first kappa shape index (κ1) is 24.9. The second-order valence-electron chi connectivity index (χ2n) is 8.08. The molecule has 1 atom stereocenters. The average molecular weight is 500 g/mol. The van der Waals surface area contributed by atoms with Crippen LogP contribution in [0.2, 0.25) is 0 Å². The van der Waals surface area contributed by atoms with E-state index in [1.54, 1.807) is 19.2 Å². The molecule has 1 amide bonds. The predicted molar refractivity (Wildman–Crippen MR) is 130 cm³/mol. The Morgan fingerprint density at radius 1 is 1.06 bits per heavy atom. The van der Waals surface area contributed by atoms with Crippen molar-refractivity contribution in [2.24, 2.45) is 0 Å². The Bertz CT molecular complexity index is 1190. The number of carbonyl (C=O) groups excluding carboxylic acids is 1. The number of rotatable bonds is 10. The van der Waals surface area contributed by atoms with Crippen LogP contribution in [-0.4, -0.2) is 59.2 Å². The Balaban J connectivity index is 1.40. The van der Waals surface area contributed by atoms with E-state index >= 15 is 0 Å². The van der Waals surface area contributed by atoms with Crippen LogP contribution in [0.4, 0.5) is 0 Å². The van der Waals surface area contributed by atoms with E-state index in [0.29, 0.717) is 31.1 Å². The first-order valence-electron chi connectivity index (χ1n) is 11.3. The van der Waals surface area contributed by atoms with Gasteiger partial charge in [-0.2, -0.15) is 0 Å². The number of nitrogens with one attached hydrogen (secondary N) is 2. The van der Waals surface area contributed by atoms with Crippen LogP contribution >= 0.6 is 0 Å². The van der Waals surface area contributed by atoms with E-state index < -0.39 is 10.0 Å². The van der Waals surface area contributed by atoms with Crippen LogP contribution in [-0.2, 0) is 21.3 Å². The number of nitrogens with zero attached hydrogens (tertiary/aromatic N) is 1. The van der Waals surface area contributed by atoms with Crippen LogP contribution in [0.25, 0.3) is 0 Å². The van der Waals surface area contributed by atoms with Crippen LogP contribution < -0.4 is 14.8 Å². The maximum absolute atomic E-state index is 12.9. The Labute approximate surface area is 205 Å². The van der Waals surface area contributed by atoms with E-state index in [2.05, 4.69) is 14.9 Å². The molecular weight excluding hydrogens is 470 g/mol. The fraction of sp³-hybridized carbons (Fsp3) is 0.320. The van der Waals surface area contributed by atoms with Crippen LogP contribution in [0.5, 0.6) is 5.75 Å². The molecule has 2 N–H and O–H groups in total. The zero-order chi connectivity index (χ0) is 24.7. The third-order valence-electron chi connectivity index (χ3n) is 5.89. The lowest BCUT2D eigenvalue weighted by molar-refractivity contribution is 0.0162. The number of furan rings is 1. The van der Waals surface area contributed by atoms with Gasteiger partial charge >= 0.3 is 0 Å². The van der Waals surface area contributed by atoms with Gasteiger partial charge in [-0.1, -0.05) is 12.1 Å². The number of morpholine rings is 1. The molecule has 2 heterocycles. The average Bonchev–Trinajstić information content (AvgIpc) is 3.43. The van der Waals surface area contributed by atoms with Gasteiger partial charge in [0.1, 0.15) is 11.5 Å². The zero-order valence-corrected chi connectivity index (χ0v) is 20.3. The topological polar surface area (TPSA) is 110 Å². The van der Waals surface area contributed by atoms with Crippen molar-refractivity contribution >= 4 is 15.9 Å². The second kappa shape index (κ2) is 11.5. The third-order valence-corrected chi connectivity index (χ3v) is 7.30. The molecule has 4 rings (SSSR count). The molecule has 186 valence electrons. The fourth-order valence-electron chi connectivity index (χ4n) is 3.91. The van der Waals surface area contributed by atoms with Gasteiger partial charge in [-0.05, 0) is 54.1 Å². The van der Waals surface area contributed by atoms with Gasteiger partial charge in [0.05, 0.1) is 44.1 Å². The highest BCUT2D eigenvalue weighted by Gasteiger charge is 2.24. The molecular formula is C25H29N3O6S. The summed E-state index contributed by atoms with van der Waals surface area (Å²) < 4.78 is 43.4. The summed E-state index contributed by atoms with van der Waals surface area (Å²) in [5.74, 6) is 1.01. The molecule has 0 unspecified atom stereocenters. The number of hydrogen-bond acceptors (Lipinski definition) is 7. The van der Waals surface area contributed by atoms with Gasteiger partial charge in [-0.25, -0.2) is 13.1 Å². The number of amides is 1. The Hall–Kier alpha value is -3.18. The summed E-state index contributed by atoms with van der Waals surface area (Å²) in [5.41, 5.74) is 1.45. The number of hydrogen-bond donors (Lipinski definition) is 2. The van der Waals surface area contributed by atoms with E-state index in [9.17, 15) is 13.2 Å². The summed E-state index contributed by atoms with van der Waals surface area (Å²) >= 11 is 0. The summed E-state index contributed by atoms with van der Waals surface area (Å²) in [7, 11) is -2.11. The highest BCUT2D eigenvalue weighted by Crippen LogP contribution is 2.24. The van der Waals surface area contributed by atoms with Crippen molar-refractivity contribution in [3.8, 4) is 5.75 Å². The van der Waals surface area contributed by atoms with Gasteiger partial charge in [0.2, 0.25) is 10.0 Å². The van der Waals surface area contributed by atoms with E-state index in [1.807, 2.05) is 24.3 Å². The van der Waals surface area contributed by atoms with Crippen LogP contribution in [0.3, 0.4) is 0 Å². The minimum atomic E-state index is -3.73. The van der Waals surface area contributed by atoms with E-state index in [-0.39, 0.29) is 23.4 Å². The molecule has 2 aromatic carbocycles.